The predicted octanol–water partition coefficient (Wildman–Crippen LogP) is 2.91. The number of hydrogen-bond donors (Lipinski definition) is 2. The molecule has 4 nitrogen and oxygen atoms in total. The molecule has 4 heteroatoms. The monoisotopic (exact) mass is 276 g/mol. The molecule has 0 atom stereocenters. The van der Waals surface area contributed by atoms with Crippen LogP contribution in [0.25, 0.3) is 0 Å². The quantitative estimate of drug-likeness (QED) is 0.812. The minimum absolute atomic E-state index is 0.288. The molecule has 110 valence electrons. The normalized spacial score (nSPS) is 10.7. The summed E-state index contributed by atoms with van der Waals surface area (Å²) in [6.45, 7) is 8.77. The number of anilines is 1. The lowest BCUT2D eigenvalue weighted by molar-refractivity contribution is -0.136. The molecule has 0 aliphatic rings. The maximum Gasteiger partial charge on any atom is 0.313 e. The van der Waals surface area contributed by atoms with Gasteiger partial charge in [0.15, 0.2) is 0 Å². The van der Waals surface area contributed by atoms with Crippen LogP contribution in [-0.2, 0) is 9.59 Å². The van der Waals surface area contributed by atoms with Gasteiger partial charge in [0.1, 0.15) is 0 Å². The van der Waals surface area contributed by atoms with Crippen molar-refractivity contribution in [1.29, 1.82) is 0 Å². The third kappa shape index (κ3) is 5.03. The van der Waals surface area contributed by atoms with Crippen LogP contribution in [0.1, 0.15) is 45.6 Å². The first-order valence-electron chi connectivity index (χ1n) is 7.10. The Morgan fingerprint density at radius 2 is 1.70 bits per heavy atom. The van der Waals surface area contributed by atoms with Crippen LogP contribution in [0.5, 0.6) is 0 Å². The van der Waals surface area contributed by atoms with E-state index in [0.717, 1.165) is 12.0 Å². The number of hydrogen-bond acceptors (Lipinski definition) is 2. The Morgan fingerprint density at radius 1 is 1.05 bits per heavy atom. The van der Waals surface area contributed by atoms with E-state index in [9.17, 15) is 9.59 Å². The molecule has 0 spiro atoms. The average Bonchev–Trinajstić information content (AvgIpc) is 2.38. The maximum atomic E-state index is 11.8. The van der Waals surface area contributed by atoms with Crippen molar-refractivity contribution in [2.24, 2.45) is 5.92 Å². The summed E-state index contributed by atoms with van der Waals surface area (Å²) >= 11 is 0. The first kappa shape index (κ1) is 16.2. The molecule has 2 N–H and O–H groups in total. The largest absolute Gasteiger partial charge is 0.348 e. The molecule has 0 radical (unpaired) electrons. The molecule has 0 saturated carbocycles. The zero-order chi connectivity index (χ0) is 15.1. The van der Waals surface area contributed by atoms with Gasteiger partial charge in [-0.3, -0.25) is 9.59 Å². The zero-order valence-electron chi connectivity index (χ0n) is 12.7. The second-order valence-electron chi connectivity index (χ2n) is 5.63. The summed E-state index contributed by atoms with van der Waals surface area (Å²) in [7, 11) is 0. The van der Waals surface area contributed by atoms with Crippen molar-refractivity contribution < 1.29 is 9.59 Å². The van der Waals surface area contributed by atoms with Gasteiger partial charge in [0.25, 0.3) is 0 Å². The van der Waals surface area contributed by atoms with E-state index in [1.54, 1.807) is 0 Å². The van der Waals surface area contributed by atoms with Crippen LogP contribution in [0.2, 0.25) is 0 Å². The Kier molecular flexibility index (Phi) is 6.22. The molecule has 1 aromatic rings. The average molecular weight is 276 g/mol. The summed E-state index contributed by atoms with van der Waals surface area (Å²) < 4.78 is 0. The first-order chi connectivity index (χ1) is 9.41. The Labute approximate surface area is 121 Å². The molecule has 0 aliphatic heterocycles. The summed E-state index contributed by atoms with van der Waals surface area (Å²) in [5, 5.41) is 5.31. The van der Waals surface area contributed by atoms with Crippen LogP contribution < -0.4 is 10.6 Å². The number of benzene rings is 1. The lowest BCUT2D eigenvalue weighted by atomic mass is 10.0. The van der Waals surface area contributed by atoms with Gasteiger partial charge < -0.3 is 10.6 Å². The SMILES string of the molecule is CC(C)CCNC(=O)C(=O)Nc1ccccc1C(C)C. The highest BCUT2D eigenvalue weighted by Gasteiger charge is 2.15. The molecule has 2 amide bonds. The van der Waals surface area contributed by atoms with E-state index in [-0.39, 0.29) is 5.92 Å². The molecule has 0 heterocycles. The first-order valence-corrected chi connectivity index (χ1v) is 7.10. The van der Waals surface area contributed by atoms with E-state index in [4.69, 9.17) is 0 Å². The van der Waals surface area contributed by atoms with Gasteiger partial charge in [-0.15, -0.1) is 0 Å². The highest BCUT2D eigenvalue weighted by molar-refractivity contribution is 6.39. The van der Waals surface area contributed by atoms with E-state index in [0.29, 0.717) is 18.2 Å². The summed E-state index contributed by atoms with van der Waals surface area (Å²) in [4.78, 5) is 23.5. The van der Waals surface area contributed by atoms with E-state index >= 15 is 0 Å². The summed E-state index contributed by atoms with van der Waals surface area (Å²) in [6.07, 6.45) is 0.863. The van der Waals surface area contributed by atoms with Gasteiger partial charge in [0.05, 0.1) is 0 Å². The van der Waals surface area contributed by atoms with Gasteiger partial charge >= 0.3 is 11.8 Å². The molecular weight excluding hydrogens is 252 g/mol. The lowest BCUT2D eigenvalue weighted by Gasteiger charge is -2.13. The molecule has 0 aliphatic carbocycles. The third-order valence-electron chi connectivity index (χ3n) is 3.04. The van der Waals surface area contributed by atoms with Crippen molar-refractivity contribution in [2.75, 3.05) is 11.9 Å². The topological polar surface area (TPSA) is 58.2 Å². The van der Waals surface area contributed by atoms with E-state index in [1.807, 2.05) is 38.1 Å². The van der Waals surface area contributed by atoms with Gasteiger partial charge in [-0.25, -0.2) is 0 Å². The fourth-order valence-electron chi connectivity index (χ4n) is 1.85. The van der Waals surface area contributed by atoms with Crippen molar-refractivity contribution in [3.05, 3.63) is 29.8 Å². The Morgan fingerprint density at radius 3 is 2.30 bits per heavy atom. The second kappa shape index (κ2) is 7.68. The number of rotatable bonds is 5. The van der Waals surface area contributed by atoms with Crippen molar-refractivity contribution in [3.63, 3.8) is 0 Å². The molecule has 1 aromatic carbocycles. The van der Waals surface area contributed by atoms with Crippen molar-refractivity contribution in [2.45, 2.75) is 40.0 Å². The fourth-order valence-corrected chi connectivity index (χ4v) is 1.85. The van der Waals surface area contributed by atoms with Crippen LogP contribution in [0.4, 0.5) is 5.69 Å². The van der Waals surface area contributed by atoms with Crippen LogP contribution in [0.3, 0.4) is 0 Å². The molecule has 0 fully saturated rings. The van der Waals surface area contributed by atoms with Gasteiger partial charge in [-0.1, -0.05) is 45.9 Å². The van der Waals surface area contributed by atoms with E-state index in [1.165, 1.54) is 0 Å². The Hall–Kier alpha value is -1.84. The van der Waals surface area contributed by atoms with Crippen molar-refractivity contribution in [3.8, 4) is 0 Å². The van der Waals surface area contributed by atoms with Crippen LogP contribution >= 0.6 is 0 Å². The minimum Gasteiger partial charge on any atom is -0.348 e. The zero-order valence-corrected chi connectivity index (χ0v) is 12.7. The van der Waals surface area contributed by atoms with Gasteiger partial charge in [0, 0.05) is 12.2 Å². The molecule has 0 unspecified atom stereocenters. The fraction of sp³-hybridized carbons (Fsp3) is 0.500. The summed E-state index contributed by atoms with van der Waals surface area (Å²) in [5.41, 5.74) is 1.72. The predicted molar refractivity (Wildman–Crippen MR) is 81.6 cm³/mol. The van der Waals surface area contributed by atoms with E-state index < -0.39 is 11.8 Å². The number of nitrogens with one attached hydrogen (secondary N) is 2. The molecule has 0 aromatic heterocycles. The number of carbonyl (C=O) groups excluding carboxylic acids is 2. The smallest absolute Gasteiger partial charge is 0.313 e. The molecular formula is C16H24N2O2. The van der Waals surface area contributed by atoms with Crippen LogP contribution in [0.15, 0.2) is 24.3 Å². The Balaban J connectivity index is 2.60. The number of amides is 2. The van der Waals surface area contributed by atoms with Gasteiger partial charge in [-0.2, -0.15) is 0 Å². The standard InChI is InChI=1S/C16H24N2O2/c1-11(2)9-10-17-15(19)16(20)18-14-8-6-5-7-13(14)12(3)4/h5-8,11-12H,9-10H2,1-4H3,(H,17,19)(H,18,20). The maximum absolute atomic E-state index is 11.8. The Bertz CT molecular complexity index is 467. The van der Waals surface area contributed by atoms with Gasteiger partial charge in [0.2, 0.25) is 0 Å². The molecule has 0 bridgehead atoms. The minimum atomic E-state index is -0.609. The van der Waals surface area contributed by atoms with Crippen molar-refractivity contribution >= 4 is 17.5 Å². The highest BCUT2D eigenvalue weighted by atomic mass is 16.2. The van der Waals surface area contributed by atoms with Gasteiger partial charge in [-0.05, 0) is 29.9 Å². The second-order valence-corrected chi connectivity index (χ2v) is 5.63. The summed E-state index contributed by atoms with van der Waals surface area (Å²) in [5.74, 6) is -0.401. The van der Waals surface area contributed by atoms with Crippen molar-refractivity contribution in [1.82, 2.24) is 5.32 Å². The lowest BCUT2D eigenvalue weighted by Crippen LogP contribution is -2.36. The molecule has 1 rings (SSSR count). The van der Waals surface area contributed by atoms with Crippen LogP contribution in [0, 0.1) is 5.92 Å². The van der Waals surface area contributed by atoms with Crippen LogP contribution in [-0.4, -0.2) is 18.4 Å². The number of carbonyl (C=O) groups is 2. The summed E-state index contributed by atoms with van der Waals surface area (Å²) in [6, 6.07) is 7.54. The van der Waals surface area contributed by atoms with E-state index in [2.05, 4.69) is 24.5 Å². The molecule has 20 heavy (non-hydrogen) atoms. The molecule has 0 saturated heterocycles. The third-order valence-corrected chi connectivity index (χ3v) is 3.04. The highest BCUT2D eigenvalue weighted by Crippen LogP contribution is 2.23. The number of para-hydroxylation sites is 1.